The first-order valence-electron chi connectivity index (χ1n) is 6.83. The van der Waals surface area contributed by atoms with Crippen LogP contribution in [0.15, 0.2) is 11.8 Å². The Hall–Kier alpha value is -0.750. The van der Waals surface area contributed by atoms with Crippen molar-refractivity contribution in [3.63, 3.8) is 0 Å². The highest BCUT2D eigenvalue weighted by atomic mass is 19.4. The predicted octanol–water partition coefficient (Wildman–Crippen LogP) is 3.12. The zero-order chi connectivity index (χ0) is 13.9. The van der Waals surface area contributed by atoms with E-state index in [1.807, 2.05) is 0 Å². The average Bonchev–Trinajstić information content (AvgIpc) is 2.74. The highest BCUT2D eigenvalue weighted by Gasteiger charge is 2.46. The lowest BCUT2D eigenvalue weighted by Gasteiger charge is -2.28. The Labute approximate surface area is 111 Å². The molecule has 2 unspecified atom stereocenters. The first kappa shape index (κ1) is 14.7. The molecule has 2 atom stereocenters. The third-order valence-electron chi connectivity index (χ3n) is 3.48. The van der Waals surface area contributed by atoms with Crippen molar-refractivity contribution in [2.24, 2.45) is 0 Å². The number of ether oxygens (including phenoxy) is 2. The standard InChI is InChI=1S/C13H20F3NO2/c1-2-18-10-8-11(13(14,15)16)19-12(10)17-9-6-4-3-5-7-9/h8-9,11-12,17H,2-7H2,1H3. The summed E-state index contributed by atoms with van der Waals surface area (Å²) in [6.45, 7) is 2.09. The fourth-order valence-corrected chi connectivity index (χ4v) is 2.56. The Morgan fingerprint density at radius 3 is 2.58 bits per heavy atom. The lowest BCUT2D eigenvalue weighted by molar-refractivity contribution is -0.210. The summed E-state index contributed by atoms with van der Waals surface area (Å²) in [7, 11) is 0. The topological polar surface area (TPSA) is 30.5 Å². The van der Waals surface area contributed by atoms with Crippen LogP contribution in [0.3, 0.4) is 0 Å². The molecule has 3 nitrogen and oxygen atoms in total. The van der Waals surface area contributed by atoms with Gasteiger partial charge >= 0.3 is 6.18 Å². The second kappa shape index (κ2) is 6.13. The summed E-state index contributed by atoms with van der Waals surface area (Å²) in [5, 5.41) is 3.14. The minimum atomic E-state index is -4.38. The second-order valence-corrected chi connectivity index (χ2v) is 4.98. The van der Waals surface area contributed by atoms with Crippen LogP contribution in [-0.4, -0.2) is 31.2 Å². The van der Waals surface area contributed by atoms with E-state index >= 15 is 0 Å². The van der Waals surface area contributed by atoms with Crippen LogP contribution in [0.25, 0.3) is 0 Å². The fraction of sp³-hybridized carbons (Fsp3) is 0.846. The maximum absolute atomic E-state index is 12.7. The van der Waals surface area contributed by atoms with E-state index in [2.05, 4.69) is 5.32 Å². The summed E-state index contributed by atoms with van der Waals surface area (Å²) in [6.07, 6.45) is -0.601. The first-order valence-corrected chi connectivity index (χ1v) is 6.83. The van der Waals surface area contributed by atoms with Crippen LogP contribution in [0.2, 0.25) is 0 Å². The summed E-state index contributed by atoms with van der Waals surface area (Å²) in [5.74, 6) is 0.260. The van der Waals surface area contributed by atoms with Gasteiger partial charge in [0, 0.05) is 6.04 Å². The van der Waals surface area contributed by atoms with Crippen molar-refractivity contribution in [2.45, 2.75) is 63.6 Å². The third kappa shape index (κ3) is 3.86. The molecule has 0 aromatic carbocycles. The highest BCUT2D eigenvalue weighted by Crippen LogP contribution is 2.32. The molecule has 1 saturated carbocycles. The van der Waals surface area contributed by atoms with Crippen LogP contribution in [-0.2, 0) is 9.47 Å². The van der Waals surface area contributed by atoms with Crippen molar-refractivity contribution in [3.05, 3.63) is 11.8 Å². The van der Waals surface area contributed by atoms with Gasteiger partial charge in [-0.05, 0) is 25.8 Å². The van der Waals surface area contributed by atoms with Gasteiger partial charge in [0.15, 0.2) is 12.3 Å². The summed E-state index contributed by atoms with van der Waals surface area (Å²) in [4.78, 5) is 0. The van der Waals surface area contributed by atoms with Crippen molar-refractivity contribution in [1.29, 1.82) is 0 Å². The van der Waals surface area contributed by atoms with Crippen LogP contribution >= 0.6 is 0 Å². The number of hydrogen-bond donors (Lipinski definition) is 1. The minimum Gasteiger partial charge on any atom is -0.494 e. The maximum atomic E-state index is 12.7. The molecule has 0 saturated heterocycles. The molecule has 2 aliphatic rings. The van der Waals surface area contributed by atoms with Crippen LogP contribution in [0.1, 0.15) is 39.0 Å². The number of halogens is 3. The molecule has 0 spiro atoms. The van der Waals surface area contributed by atoms with Crippen molar-refractivity contribution in [1.82, 2.24) is 5.32 Å². The normalized spacial score (nSPS) is 29.4. The Morgan fingerprint density at radius 1 is 1.32 bits per heavy atom. The molecule has 0 radical (unpaired) electrons. The van der Waals surface area contributed by atoms with Crippen molar-refractivity contribution in [2.75, 3.05) is 6.61 Å². The molecule has 1 N–H and O–H groups in total. The third-order valence-corrected chi connectivity index (χ3v) is 3.48. The molecule has 0 amide bonds. The SMILES string of the molecule is CCOC1=CC(C(F)(F)F)OC1NC1CCCCC1. The quantitative estimate of drug-likeness (QED) is 0.857. The molecule has 1 aliphatic carbocycles. The van der Waals surface area contributed by atoms with Crippen LogP contribution < -0.4 is 5.32 Å². The van der Waals surface area contributed by atoms with E-state index < -0.39 is 18.5 Å². The lowest BCUT2D eigenvalue weighted by atomic mass is 9.95. The van der Waals surface area contributed by atoms with Crippen molar-refractivity contribution < 1.29 is 22.6 Å². The van der Waals surface area contributed by atoms with Gasteiger partial charge in [-0.15, -0.1) is 0 Å². The molecule has 6 heteroatoms. The maximum Gasteiger partial charge on any atom is 0.418 e. The lowest BCUT2D eigenvalue weighted by Crippen LogP contribution is -2.43. The molecule has 0 aromatic heterocycles. The summed E-state index contributed by atoms with van der Waals surface area (Å²) < 4.78 is 48.3. The number of rotatable bonds is 4. The van der Waals surface area contributed by atoms with Crippen molar-refractivity contribution >= 4 is 0 Å². The van der Waals surface area contributed by atoms with Gasteiger partial charge in [-0.25, -0.2) is 0 Å². The zero-order valence-electron chi connectivity index (χ0n) is 11.0. The average molecular weight is 279 g/mol. The van der Waals surface area contributed by atoms with E-state index in [-0.39, 0.29) is 11.8 Å². The predicted molar refractivity (Wildman–Crippen MR) is 64.4 cm³/mol. The van der Waals surface area contributed by atoms with Gasteiger partial charge in [0.2, 0.25) is 0 Å². The van der Waals surface area contributed by atoms with Crippen molar-refractivity contribution in [3.8, 4) is 0 Å². The first-order chi connectivity index (χ1) is 9.00. The largest absolute Gasteiger partial charge is 0.494 e. The second-order valence-electron chi connectivity index (χ2n) is 4.98. The molecule has 110 valence electrons. The molecular weight excluding hydrogens is 259 g/mol. The minimum absolute atomic E-state index is 0.217. The van der Waals surface area contributed by atoms with E-state index in [1.165, 1.54) is 6.42 Å². The van der Waals surface area contributed by atoms with Gasteiger partial charge in [-0.2, -0.15) is 13.2 Å². The van der Waals surface area contributed by atoms with Crippen LogP contribution in [0.4, 0.5) is 13.2 Å². The van der Waals surface area contributed by atoms with E-state index in [9.17, 15) is 13.2 Å². The molecule has 19 heavy (non-hydrogen) atoms. The number of hydrogen-bond acceptors (Lipinski definition) is 3. The monoisotopic (exact) mass is 279 g/mol. The molecule has 2 rings (SSSR count). The van der Waals surface area contributed by atoms with Gasteiger partial charge in [0.1, 0.15) is 5.76 Å². The Bertz CT molecular complexity index is 324. The van der Waals surface area contributed by atoms with E-state index in [0.29, 0.717) is 6.61 Å². The summed E-state index contributed by atoms with van der Waals surface area (Å²) in [6, 6.07) is 0.217. The molecule has 1 fully saturated rings. The van der Waals surface area contributed by atoms with E-state index in [1.54, 1.807) is 6.92 Å². The zero-order valence-corrected chi connectivity index (χ0v) is 11.0. The van der Waals surface area contributed by atoms with Crippen LogP contribution in [0, 0.1) is 0 Å². The van der Waals surface area contributed by atoms with Gasteiger partial charge in [-0.1, -0.05) is 19.3 Å². The Kier molecular flexibility index (Phi) is 4.73. The molecule has 1 heterocycles. The smallest absolute Gasteiger partial charge is 0.418 e. The number of alkyl halides is 3. The number of nitrogens with one attached hydrogen (secondary N) is 1. The molecule has 0 aromatic rings. The van der Waals surface area contributed by atoms with Crippen LogP contribution in [0.5, 0.6) is 0 Å². The van der Waals surface area contributed by atoms with Gasteiger partial charge < -0.3 is 9.47 Å². The molecular formula is C13H20F3NO2. The van der Waals surface area contributed by atoms with E-state index in [0.717, 1.165) is 31.8 Å². The van der Waals surface area contributed by atoms with E-state index in [4.69, 9.17) is 9.47 Å². The Morgan fingerprint density at radius 2 is 2.00 bits per heavy atom. The highest BCUT2D eigenvalue weighted by molar-refractivity contribution is 5.12. The van der Waals surface area contributed by atoms with Gasteiger partial charge in [-0.3, -0.25) is 5.32 Å². The Balaban J connectivity index is 1.97. The van der Waals surface area contributed by atoms with Gasteiger partial charge in [0.05, 0.1) is 6.61 Å². The molecule has 0 bridgehead atoms. The van der Waals surface area contributed by atoms with Gasteiger partial charge in [0.25, 0.3) is 0 Å². The molecule has 1 aliphatic heterocycles. The summed E-state index contributed by atoms with van der Waals surface area (Å²) in [5.41, 5.74) is 0. The summed E-state index contributed by atoms with van der Waals surface area (Å²) >= 11 is 0. The fourth-order valence-electron chi connectivity index (χ4n) is 2.56.